The highest BCUT2D eigenvalue weighted by atomic mass is 19.4. The molecule has 9 heteroatoms. The van der Waals surface area contributed by atoms with E-state index < -0.39 is 12.1 Å². The van der Waals surface area contributed by atoms with Gasteiger partial charge in [0.25, 0.3) is 5.91 Å². The summed E-state index contributed by atoms with van der Waals surface area (Å²) in [7, 11) is 0. The largest absolute Gasteiger partial charge is 0.466 e. The van der Waals surface area contributed by atoms with E-state index in [4.69, 9.17) is 16.2 Å². The van der Waals surface area contributed by atoms with E-state index in [1.807, 2.05) is 4.90 Å². The van der Waals surface area contributed by atoms with Crippen LogP contribution in [0.2, 0.25) is 0 Å². The molecule has 2 fully saturated rings. The average Bonchev–Trinajstić information content (AvgIpc) is 3.68. The van der Waals surface area contributed by atoms with Crippen LogP contribution in [-0.4, -0.2) is 41.6 Å². The minimum absolute atomic E-state index is 0.0643. The summed E-state index contributed by atoms with van der Waals surface area (Å²) in [4.78, 5) is 27.0. The van der Waals surface area contributed by atoms with E-state index in [-0.39, 0.29) is 35.4 Å². The molecule has 194 valence electrons. The molecule has 2 saturated carbocycles. The Morgan fingerprint density at radius 1 is 1.00 bits per heavy atom. The first-order valence-corrected chi connectivity index (χ1v) is 12.0. The van der Waals surface area contributed by atoms with Crippen molar-refractivity contribution in [2.45, 2.75) is 76.6 Å². The molecule has 0 radical (unpaired) electrons. The predicted octanol–water partition coefficient (Wildman–Crippen LogP) is 5.01. The number of rotatable bonds is 7. The van der Waals surface area contributed by atoms with Crippen molar-refractivity contribution < 1.29 is 27.5 Å². The van der Waals surface area contributed by atoms with Crippen molar-refractivity contribution in [2.24, 2.45) is 17.4 Å². The van der Waals surface area contributed by atoms with Crippen molar-refractivity contribution in [2.75, 3.05) is 6.61 Å². The lowest BCUT2D eigenvalue weighted by Crippen LogP contribution is -2.44. The highest BCUT2D eigenvalue weighted by Gasteiger charge is 2.41. The molecular formula is C26H36F3N3O3. The monoisotopic (exact) mass is 495 g/mol. The number of nitrogens with zero attached hydrogens (tertiary/aromatic N) is 1. The maximum atomic E-state index is 13.1. The van der Waals surface area contributed by atoms with Gasteiger partial charge in [-0.3, -0.25) is 9.59 Å². The average molecular weight is 496 g/mol. The second-order valence-corrected chi connectivity index (χ2v) is 8.86. The fourth-order valence-corrected chi connectivity index (χ4v) is 4.21. The molecule has 3 rings (SSSR count). The molecule has 4 N–H and O–H groups in total. The zero-order valence-corrected chi connectivity index (χ0v) is 20.3. The molecule has 0 heterocycles. The van der Waals surface area contributed by atoms with Crippen LogP contribution in [0, 0.1) is 5.92 Å². The fraction of sp³-hybridized carbons (Fsp3) is 0.538. The van der Waals surface area contributed by atoms with Crippen LogP contribution in [0.1, 0.15) is 74.2 Å². The van der Waals surface area contributed by atoms with Crippen molar-refractivity contribution in [3.05, 3.63) is 59.9 Å². The summed E-state index contributed by atoms with van der Waals surface area (Å²) < 4.78 is 43.8. The summed E-state index contributed by atoms with van der Waals surface area (Å²) in [6, 6.07) is 6.05. The maximum absolute atomic E-state index is 13.1. The lowest BCUT2D eigenvalue weighted by molar-refractivity contribution is -0.149. The summed E-state index contributed by atoms with van der Waals surface area (Å²) in [5.74, 6) is -1.96. The molecule has 0 spiro atoms. The van der Waals surface area contributed by atoms with Gasteiger partial charge in [0.05, 0.1) is 18.4 Å². The van der Waals surface area contributed by atoms with E-state index in [1.54, 1.807) is 19.1 Å². The van der Waals surface area contributed by atoms with Gasteiger partial charge in [0, 0.05) is 17.6 Å². The Labute approximate surface area is 205 Å². The number of hydrogen-bond donors (Lipinski definition) is 2. The van der Waals surface area contributed by atoms with Gasteiger partial charge < -0.3 is 21.1 Å². The van der Waals surface area contributed by atoms with Gasteiger partial charge in [0.1, 0.15) is 0 Å². The molecule has 6 nitrogen and oxygen atoms in total. The third kappa shape index (κ3) is 8.33. The summed E-state index contributed by atoms with van der Waals surface area (Å²) in [6.45, 7) is 3.28. The maximum Gasteiger partial charge on any atom is 0.395 e. The summed E-state index contributed by atoms with van der Waals surface area (Å²) in [5.41, 5.74) is 10.4. The number of esters is 1. The zero-order chi connectivity index (χ0) is 26.0. The molecular weight excluding hydrogens is 459 g/mol. The molecule has 2 aliphatic rings. The fourth-order valence-electron chi connectivity index (χ4n) is 4.21. The summed E-state index contributed by atoms with van der Waals surface area (Å²) in [5, 5.41) is 0. The number of alkyl halides is 3. The van der Waals surface area contributed by atoms with Crippen molar-refractivity contribution in [3.8, 4) is 0 Å². The standard InChI is InChI=1S/C22H28F3NO3.C4H8N2/c1-3-29-21(28)17-8-10-18(11-9-17)26(19-12-13-19)20(27)16-6-4-15(5-7-16)14(2)22(23,24)25;5-3-1-2-4-6/h4-7,14,17-19H,3,8-13H2,1-2H3;1-4H,5-6H2/b;3-1-,4-2-. The number of hydrogen-bond acceptors (Lipinski definition) is 5. The van der Waals surface area contributed by atoms with Crippen LogP contribution in [0.3, 0.4) is 0 Å². The van der Waals surface area contributed by atoms with Crippen LogP contribution in [-0.2, 0) is 9.53 Å². The van der Waals surface area contributed by atoms with Crippen LogP contribution in [0.25, 0.3) is 0 Å². The molecule has 0 aromatic heterocycles. The first-order chi connectivity index (χ1) is 16.6. The van der Waals surface area contributed by atoms with Crippen molar-refractivity contribution >= 4 is 11.9 Å². The topological polar surface area (TPSA) is 98.6 Å². The lowest BCUT2D eigenvalue weighted by Gasteiger charge is -2.36. The summed E-state index contributed by atoms with van der Waals surface area (Å²) in [6.07, 6.45) is 6.63. The number of halogens is 3. The Bertz CT molecular complexity index is 862. The SMILES string of the molecule is CCOC(=O)C1CCC(N(C(=O)c2ccc(C(C)C(F)(F)F)cc2)C2CC2)CC1.N/C=C\C=C/N. The Morgan fingerprint density at radius 3 is 1.89 bits per heavy atom. The lowest BCUT2D eigenvalue weighted by atomic mass is 9.85. The van der Waals surface area contributed by atoms with Crippen molar-refractivity contribution in [1.29, 1.82) is 0 Å². The molecule has 1 unspecified atom stereocenters. The van der Waals surface area contributed by atoms with Gasteiger partial charge in [-0.1, -0.05) is 12.1 Å². The zero-order valence-electron chi connectivity index (χ0n) is 20.3. The van der Waals surface area contributed by atoms with E-state index in [9.17, 15) is 22.8 Å². The normalized spacial score (nSPS) is 21.3. The van der Waals surface area contributed by atoms with Crippen LogP contribution in [0.5, 0.6) is 0 Å². The van der Waals surface area contributed by atoms with Gasteiger partial charge in [-0.05, 0) is 94.6 Å². The summed E-state index contributed by atoms with van der Waals surface area (Å²) >= 11 is 0. The van der Waals surface area contributed by atoms with Crippen LogP contribution < -0.4 is 11.5 Å². The smallest absolute Gasteiger partial charge is 0.395 e. The molecule has 1 aromatic carbocycles. The first-order valence-electron chi connectivity index (χ1n) is 12.0. The molecule has 0 aliphatic heterocycles. The van der Waals surface area contributed by atoms with Crippen LogP contribution in [0.15, 0.2) is 48.8 Å². The molecule has 2 aliphatic carbocycles. The number of carbonyl (C=O) groups is 2. The quantitative estimate of drug-likeness (QED) is 0.409. The van der Waals surface area contributed by atoms with E-state index in [0.29, 0.717) is 25.0 Å². The minimum Gasteiger partial charge on any atom is -0.466 e. The van der Waals surface area contributed by atoms with Gasteiger partial charge in [-0.25, -0.2) is 0 Å². The Kier molecular flexibility index (Phi) is 10.7. The van der Waals surface area contributed by atoms with E-state index in [0.717, 1.165) is 32.6 Å². The highest BCUT2D eigenvalue weighted by molar-refractivity contribution is 5.95. The number of amides is 1. The van der Waals surface area contributed by atoms with E-state index in [1.165, 1.54) is 36.7 Å². The van der Waals surface area contributed by atoms with Crippen LogP contribution in [0.4, 0.5) is 13.2 Å². The number of benzene rings is 1. The molecule has 1 amide bonds. The number of nitrogens with two attached hydrogens (primary N) is 2. The molecule has 1 atom stereocenters. The second-order valence-electron chi connectivity index (χ2n) is 8.86. The van der Waals surface area contributed by atoms with Crippen molar-refractivity contribution in [1.82, 2.24) is 4.90 Å². The first kappa shape index (κ1) is 28.3. The van der Waals surface area contributed by atoms with E-state index >= 15 is 0 Å². The Morgan fingerprint density at radius 2 is 1.49 bits per heavy atom. The number of allylic oxidation sites excluding steroid dienone is 2. The van der Waals surface area contributed by atoms with Gasteiger partial charge >= 0.3 is 12.1 Å². The van der Waals surface area contributed by atoms with Crippen LogP contribution >= 0.6 is 0 Å². The van der Waals surface area contributed by atoms with Gasteiger partial charge in [0.15, 0.2) is 0 Å². The Hall–Kier alpha value is -2.97. The number of carbonyl (C=O) groups excluding carboxylic acids is 2. The predicted molar refractivity (Wildman–Crippen MR) is 129 cm³/mol. The van der Waals surface area contributed by atoms with E-state index in [2.05, 4.69) is 0 Å². The van der Waals surface area contributed by atoms with Gasteiger partial charge in [0.2, 0.25) is 0 Å². The molecule has 0 bridgehead atoms. The third-order valence-electron chi connectivity index (χ3n) is 6.37. The molecule has 0 saturated heterocycles. The highest BCUT2D eigenvalue weighted by Crippen LogP contribution is 2.38. The molecule has 35 heavy (non-hydrogen) atoms. The molecule has 1 aromatic rings. The number of ether oxygens (including phenoxy) is 1. The van der Waals surface area contributed by atoms with Gasteiger partial charge in [-0.15, -0.1) is 0 Å². The Balaban J connectivity index is 0.000000641. The second kappa shape index (κ2) is 13.2. The minimum atomic E-state index is -4.30. The van der Waals surface area contributed by atoms with Gasteiger partial charge in [-0.2, -0.15) is 13.2 Å². The third-order valence-corrected chi connectivity index (χ3v) is 6.37. The van der Waals surface area contributed by atoms with Crippen molar-refractivity contribution in [3.63, 3.8) is 0 Å².